The molecule has 1 saturated heterocycles. The van der Waals surface area contributed by atoms with Crippen molar-refractivity contribution in [1.29, 1.82) is 0 Å². The summed E-state index contributed by atoms with van der Waals surface area (Å²) < 4.78 is 16.3. The zero-order chi connectivity index (χ0) is 22.2. The fourth-order valence-corrected chi connectivity index (χ4v) is 4.49. The largest absolute Gasteiger partial charge is 0.342 e. The van der Waals surface area contributed by atoms with Crippen LogP contribution in [0.5, 0.6) is 0 Å². The number of amides is 1. The van der Waals surface area contributed by atoms with Crippen molar-refractivity contribution < 1.29 is 9.18 Å². The van der Waals surface area contributed by atoms with Crippen LogP contribution in [-0.2, 0) is 11.3 Å². The van der Waals surface area contributed by atoms with Crippen molar-refractivity contribution in [3.05, 3.63) is 106 Å². The molecule has 0 aliphatic carbocycles. The fraction of sp³-hybridized carbons (Fsp3) is 0.0400. The Kier molecular flexibility index (Phi) is 5.36. The van der Waals surface area contributed by atoms with Gasteiger partial charge in [-0.3, -0.25) is 9.69 Å². The van der Waals surface area contributed by atoms with Crippen molar-refractivity contribution >= 4 is 61.8 Å². The highest BCUT2D eigenvalue weighted by Crippen LogP contribution is 2.29. The number of para-hydroxylation sites is 1. The van der Waals surface area contributed by atoms with Gasteiger partial charge in [-0.15, -0.1) is 0 Å². The molecule has 7 heteroatoms. The van der Waals surface area contributed by atoms with Gasteiger partial charge in [0, 0.05) is 33.7 Å². The highest BCUT2D eigenvalue weighted by Gasteiger charge is 2.32. The molecule has 32 heavy (non-hydrogen) atoms. The van der Waals surface area contributed by atoms with Crippen molar-refractivity contribution in [2.45, 2.75) is 6.54 Å². The molecule has 1 N–H and O–H groups in total. The Morgan fingerprint density at radius 2 is 1.78 bits per heavy atom. The number of benzene rings is 3. The number of halogens is 2. The molecule has 1 fully saturated rings. The topological polar surface area (TPSA) is 37.3 Å². The van der Waals surface area contributed by atoms with Crippen LogP contribution in [-0.4, -0.2) is 15.6 Å². The van der Waals surface area contributed by atoms with E-state index in [1.165, 1.54) is 17.0 Å². The predicted molar refractivity (Wildman–Crippen MR) is 133 cm³/mol. The van der Waals surface area contributed by atoms with Crippen LogP contribution in [0.25, 0.3) is 17.0 Å². The molecule has 0 saturated carbocycles. The van der Waals surface area contributed by atoms with Gasteiger partial charge in [0.25, 0.3) is 5.91 Å². The molecule has 0 radical (unpaired) electrons. The minimum atomic E-state index is -0.259. The average molecular weight is 506 g/mol. The van der Waals surface area contributed by atoms with Gasteiger partial charge in [-0.05, 0) is 66.3 Å². The molecule has 1 aromatic heterocycles. The molecule has 158 valence electrons. The van der Waals surface area contributed by atoms with Crippen LogP contribution in [0.1, 0.15) is 11.1 Å². The molecular weight excluding hydrogens is 489 g/mol. The number of hydrogen-bond donors (Lipinski definition) is 1. The van der Waals surface area contributed by atoms with E-state index in [0.29, 0.717) is 17.4 Å². The first-order valence-corrected chi connectivity index (χ1v) is 11.1. The van der Waals surface area contributed by atoms with Crippen molar-refractivity contribution in [2.24, 2.45) is 0 Å². The Morgan fingerprint density at radius 3 is 2.53 bits per heavy atom. The van der Waals surface area contributed by atoms with Gasteiger partial charge in [0.05, 0.1) is 5.69 Å². The van der Waals surface area contributed by atoms with Gasteiger partial charge < -0.3 is 9.88 Å². The summed E-state index contributed by atoms with van der Waals surface area (Å²) in [6, 6.07) is 21.8. The molecule has 3 aromatic carbocycles. The van der Waals surface area contributed by atoms with Crippen LogP contribution < -0.4 is 10.2 Å². The van der Waals surface area contributed by atoms with Crippen LogP contribution >= 0.6 is 28.1 Å². The molecule has 5 rings (SSSR count). The number of nitrogens with one attached hydrogen (secondary N) is 1. The average Bonchev–Trinajstić information content (AvgIpc) is 3.26. The summed E-state index contributed by atoms with van der Waals surface area (Å²) in [5.74, 6) is -0.458. The molecule has 4 nitrogen and oxygen atoms in total. The molecule has 2 heterocycles. The van der Waals surface area contributed by atoms with Crippen LogP contribution in [0.3, 0.4) is 0 Å². The minimum Gasteiger partial charge on any atom is -0.342 e. The third kappa shape index (κ3) is 3.85. The van der Waals surface area contributed by atoms with E-state index >= 15 is 0 Å². The summed E-state index contributed by atoms with van der Waals surface area (Å²) in [6.07, 6.45) is 3.82. The van der Waals surface area contributed by atoms with Gasteiger partial charge in [0.1, 0.15) is 11.5 Å². The van der Waals surface area contributed by atoms with E-state index in [1.54, 1.807) is 12.1 Å². The van der Waals surface area contributed by atoms with Gasteiger partial charge in [0.15, 0.2) is 5.11 Å². The lowest BCUT2D eigenvalue weighted by molar-refractivity contribution is -0.113. The molecule has 1 amide bonds. The van der Waals surface area contributed by atoms with E-state index in [4.69, 9.17) is 12.2 Å². The molecule has 0 atom stereocenters. The Hall–Kier alpha value is -3.29. The zero-order valence-corrected chi connectivity index (χ0v) is 19.2. The van der Waals surface area contributed by atoms with Gasteiger partial charge in [0.2, 0.25) is 0 Å². The van der Waals surface area contributed by atoms with Gasteiger partial charge >= 0.3 is 0 Å². The lowest BCUT2D eigenvalue weighted by atomic mass is 10.1. The Balaban J connectivity index is 1.55. The van der Waals surface area contributed by atoms with E-state index in [-0.39, 0.29) is 11.7 Å². The van der Waals surface area contributed by atoms with Crippen molar-refractivity contribution in [3.63, 3.8) is 0 Å². The highest BCUT2D eigenvalue weighted by molar-refractivity contribution is 9.10. The third-order valence-electron chi connectivity index (χ3n) is 5.33. The quantitative estimate of drug-likeness (QED) is 0.279. The normalized spacial score (nSPS) is 15.1. The number of aromatic nitrogens is 1. The van der Waals surface area contributed by atoms with Crippen LogP contribution in [0.4, 0.5) is 10.1 Å². The lowest BCUT2D eigenvalue weighted by Crippen LogP contribution is -2.30. The Morgan fingerprint density at radius 1 is 1.03 bits per heavy atom. The van der Waals surface area contributed by atoms with E-state index in [2.05, 4.69) is 25.8 Å². The summed E-state index contributed by atoms with van der Waals surface area (Å²) in [5, 5.41) is 4.40. The molecular formula is C25H17BrFN3OS. The second-order valence-corrected chi connectivity index (χ2v) is 8.77. The molecule has 0 spiro atoms. The number of hydrogen-bond acceptors (Lipinski definition) is 2. The smallest absolute Gasteiger partial charge is 0.281 e. The van der Waals surface area contributed by atoms with Crippen molar-refractivity contribution in [3.8, 4) is 0 Å². The summed E-state index contributed by atoms with van der Waals surface area (Å²) in [6.45, 7) is 0.581. The maximum atomic E-state index is 13.3. The first kappa shape index (κ1) is 20.6. The molecule has 0 bridgehead atoms. The van der Waals surface area contributed by atoms with E-state index in [9.17, 15) is 9.18 Å². The molecule has 1 aliphatic rings. The summed E-state index contributed by atoms with van der Waals surface area (Å²) in [7, 11) is 0. The first-order chi connectivity index (χ1) is 15.5. The number of nitrogens with zero attached hydrogens (tertiary/aromatic N) is 2. The maximum Gasteiger partial charge on any atom is 0.281 e. The number of carbonyl (C=O) groups is 1. The van der Waals surface area contributed by atoms with Crippen LogP contribution in [0, 0.1) is 5.82 Å². The summed E-state index contributed by atoms with van der Waals surface area (Å²) >= 11 is 8.96. The lowest BCUT2D eigenvalue weighted by Gasteiger charge is -2.13. The van der Waals surface area contributed by atoms with Gasteiger partial charge in [-0.25, -0.2) is 4.39 Å². The first-order valence-electron chi connectivity index (χ1n) is 9.94. The van der Waals surface area contributed by atoms with Crippen LogP contribution in [0.15, 0.2) is 89.2 Å². The van der Waals surface area contributed by atoms with E-state index in [0.717, 1.165) is 32.2 Å². The van der Waals surface area contributed by atoms with E-state index in [1.807, 2.05) is 60.8 Å². The minimum absolute atomic E-state index is 0.198. The maximum absolute atomic E-state index is 13.3. The molecule has 4 aromatic rings. The SMILES string of the molecule is O=C1/C(=C/c2cn(Cc3ccc(F)cc3)c3ccc(Br)cc23)NC(=S)N1c1ccccc1. The van der Waals surface area contributed by atoms with Gasteiger partial charge in [-0.2, -0.15) is 0 Å². The highest BCUT2D eigenvalue weighted by atomic mass is 79.9. The fourth-order valence-electron chi connectivity index (χ4n) is 3.83. The Labute approximate surface area is 198 Å². The molecule has 1 aliphatic heterocycles. The predicted octanol–water partition coefficient (Wildman–Crippen LogP) is 5.85. The van der Waals surface area contributed by atoms with Crippen molar-refractivity contribution in [2.75, 3.05) is 4.90 Å². The Bertz CT molecular complexity index is 1380. The number of rotatable bonds is 4. The number of thiocarbonyl (C=S) groups is 1. The number of carbonyl (C=O) groups excluding carboxylic acids is 1. The second-order valence-electron chi connectivity index (χ2n) is 7.46. The van der Waals surface area contributed by atoms with Gasteiger partial charge in [-0.1, -0.05) is 46.3 Å². The monoisotopic (exact) mass is 505 g/mol. The van der Waals surface area contributed by atoms with E-state index < -0.39 is 0 Å². The standard InChI is InChI=1S/C25H17BrFN3OS/c26-18-8-11-23-21(13-18)17(15-29(23)14-16-6-9-19(27)10-7-16)12-22-24(31)30(25(32)28-22)20-4-2-1-3-5-20/h1-13,15H,14H2,(H,28,32)/b22-12-. The van der Waals surface area contributed by atoms with Crippen LogP contribution in [0.2, 0.25) is 0 Å². The second kappa shape index (κ2) is 8.33. The van der Waals surface area contributed by atoms with Crippen molar-refractivity contribution in [1.82, 2.24) is 9.88 Å². The molecule has 0 unspecified atom stereocenters. The number of fused-ring (bicyclic) bond motifs is 1. The zero-order valence-electron chi connectivity index (χ0n) is 16.8. The third-order valence-corrected chi connectivity index (χ3v) is 6.11. The summed E-state index contributed by atoms with van der Waals surface area (Å²) in [4.78, 5) is 14.6. The number of anilines is 1. The summed E-state index contributed by atoms with van der Waals surface area (Å²) in [5.41, 5.74) is 4.02.